The summed E-state index contributed by atoms with van der Waals surface area (Å²) in [6.07, 6.45) is 0. The van der Waals surface area contributed by atoms with Gasteiger partial charge in [-0.3, -0.25) is 0 Å². The number of thiophene rings is 1. The third-order valence-electron chi connectivity index (χ3n) is 3.90. The van der Waals surface area contributed by atoms with E-state index < -0.39 is 10.0 Å². The SMILES string of the molecule is CCN[C@H]1CN(Cc2cccc(OC)c2)Sc2sc(S(N)(=O)=O)cc21. The molecule has 0 spiro atoms. The van der Waals surface area contributed by atoms with Crippen molar-refractivity contribution in [2.24, 2.45) is 5.14 Å². The molecule has 0 aliphatic carbocycles. The topological polar surface area (TPSA) is 84.7 Å². The molecular formula is C16H21N3O3S3. The summed E-state index contributed by atoms with van der Waals surface area (Å²) in [4.78, 5) is 0. The van der Waals surface area contributed by atoms with E-state index in [-0.39, 0.29) is 10.3 Å². The minimum atomic E-state index is -3.68. The first-order valence-corrected chi connectivity index (χ1v) is 11.0. The molecular weight excluding hydrogens is 378 g/mol. The first-order chi connectivity index (χ1) is 11.9. The molecule has 1 aliphatic rings. The predicted octanol–water partition coefficient (Wildman–Crippen LogP) is 2.58. The quantitative estimate of drug-likeness (QED) is 0.727. The van der Waals surface area contributed by atoms with Crippen LogP contribution < -0.4 is 15.2 Å². The molecule has 1 aromatic heterocycles. The van der Waals surface area contributed by atoms with E-state index in [0.29, 0.717) is 0 Å². The Morgan fingerprint density at radius 2 is 2.20 bits per heavy atom. The Kier molecular flexibility index (Phi) is 5.71. The maximum atomic E-state index is 11.7. The van der Waals surface area contributed by atoms with Crippen molar-refractivity contribution < 1.29 is 13.2 Å². The van der Waals surface area contributed by atoms with E-state index in [1.807, 2.05) is 25.1 Å². The Morgan fingerprint density at radius 1 is 1.40 bits per heavy atom. The number of hydrogen-bond acceptors (Lipinski definition) is 7. The van der Waals surface area contributed by atoms with Crippen molar-refractivity contribution in [2.75, 3.05) is 20.2 Å². The van der Waals surface area contributed by atoms with Crippen LogP contribution in [-0.4, -0.2) is 32.9 Å². The molecule has 0 amide bonds. The normalized spacial score (nSPS) is 18.1. The minimum absolute atomic E-state index is 0.0820. The van der Waals surface area contributed by atoms with Gasteiger partial charge in [0.2, 0.25) is 10.0 Å². The van der Waals surface area contributed by atoms with E-state index in [1.54, 1.807) is 25.1 Å². The number of likely N-dealkylation sites (N-methyl/N-ethyl adjacent to an activating group) is 1. The summed E-state index contributed by atoms with van der Waals surface area (Å²) in [5.74, 6) is 0.830. The molecule has 9 heteroatoms. The van der Waals surface area contributed by atoms with Gasteiger partial charge in [0.05, 0.1) is 11.3 Å². The second kappa shape index (κ2) is 7.65. The average molecular weight is 400 g/mol. The number of sulfonamides is 1. The van der Waals surface area contributed by atoms with Gasteiger partial charge >= 0.3 is 0 Å². The van der Waals surface area contributed by atoms with Crippen LogP contribution in [0, 0.1) is 0 Å². The van der Waals surface area contributed by atoms with Gasteiger partial charge < -0.3 is 10.1 Å². The van der Waals surface area contributed by atoms with Gasteiger partial charge in [0.25, 0.3) is 0 Å². The number of nitrogens with two attached hydrogens (primary N) is 1. The molecule has 1 atom stereocenters. The number of methoxy groups -OCH3 is 1. The van der Waals surface area contributed by atoms with Crippen LogP contribution >= 0.6 is 23.3 Å². The minimum Gasteiger partial charge on any atom is -0.497 e. The Balaban J connectivity index is 1.85. The summed E-state index contributed by atoms with van der Waals surface area (Å²) in [5.41, 5.74) is 2.16. The van der Waals surface area contributed by atoms with Crippen molar-refractivity contribution in [3.63, 3.8) is 0 Å². The maximum Gasteiger partial charge on any atom is 0.247 e. The van der Waals surface area contributed by atoms with E-state index in [9.17, 15) is 8.42 Å². The van der Waals surface area contributed by atoms with Crippen LogP contribution in [0.1, 0.15) is 24.1 Å². The molecule has 0 unspecified atom stereocenters. The summed E-state index contributed by atoms with van der Waals surface area (Å²) < 4.78 is 32.1. The fourth-order valence-corrected chi connectivity index (χ4v) is 6.33. The van der Waals surface area contributed by atoms with Crippen molar-refractivity contribution in [3.05, 3.63) is 41.5 Å². The first kappa shape index (κ1) is 18.7. The van der Waals surface area contributed by atoms with E-state index in [4.69, 9.17) is 9.88 Å². The van der Waals surface area contributed by atoms with Crippen LogP contribution in [0.2, 0.25) is 0 Å². The van der Waals surface area contributed by atoms with Gasteiger partial charge in [0.15, 0.2) is 0 Å². The van der Waals surface area contributed by atoms with Crippen molar-refractivity contribution >= 4 is 33.3 Å². The molecule has 2 aromatic rings. The zero-order valence-electron chi connectivity index (χ0n) is 14.1. The van der Waals surface area contributed by atoms with Crippen molar-refractivity contribution in [3.8, 4) is 5.75 Å². The molecule has 0 bridgehead atoms. The Morgan fingerprint density at radius 3 is 2.88 bits per heavy atom. The summed E-state index contributed by atoms with van der Waals surface area (Å²) >= 11 is 2.82. The highest BCUT2D eigenvalue weighted by Crippen LogP contribution is 2.44. The molecule has 3 rings (SSSR count). The molecule has 0 saturated carbocycles. The van der Waals surface area contributed by atoms with E-state index in [1.165, 1.54) is 11.3 Å². The van der Waals surface area contributed by atoms with Crippen LogP contribution in [0.4, 0.5) is 0 Å². The van der Waals surface area contributed by atoms with Crippen LogP contribution in [0.5, 0.6) is 5.75 Å². The number of primary sulfonamides is 1. The van der Waals surface area contributed by atoms with Crippen molar-refractivity contribution in [1.82, 2.24) is 9.62 Å². The van der Waals surface area contributed by atoms with Gasteiger partial charge in [-0.1, -0.05) is 19.1 Å². The number of nitrogens with one attached hydrogen (secondary N) is 1. The molecule has 3 N–H and O–H groups in total. The van der Waals surface area contributed by atoms with Gasteiger partial charge in [-0.25, -0.2) is 17.9 Å². The van der Waals surface area contributed by atoms with Gasteiger partial charge in [0, 0.05) is 19.1 Å². The largest absolute Gasteiger partial charge is 0.497 e. The zero-order chi connectivity index (χ0) is 18.0. The van der Waals surface area contributed by atoms with E-state index >= 15 is 0 Å². The number of nitrogens with zero attached hydrogens (tertiary/aromatic N) is 1. The standard InChI is InChI=1S/C16H21N3O3S3/c1-3-18-14-10-19(9-11-5-4-6-12(7-11)22-2)24-16-13(14)8-15(23-16)25(17,20)21/h4-8,14,18H,3,9-10H2,1-2H3,(H2,17,20,21)/t14-/m0/s1. The van der Waals surface area contributed by atoms with Gasteiger partial charge in [0.1, 0.15) is 9.96 Å². The number of fused-ring (bicyclic) bond motifs is 1. The Labute approximate surface area is 156 Å². The summed E-state index contributed by atoms with van der Waals surface area (Å²) in [6.45, 7) is 4.37. The Bertz CT molecular complexity index is 851. The number of ether oxygens (including phenoxy) is 1. The van der Waals surface area contributed by atoms with Gasteiger partial charge in [-0.2, -0.15) is 0 Å². The molecule has 6 nitrogen and oxygen atoms in total. The molecule has 0 radical (unpaired) electrons. The molecule has 136 valence electrons. The molecule has 1 aliphatic heterocycles. The monoisotopic (exact) mass is 399 g/mol. The molecule has 2 heterocycles. The van der Waals surface area contributed by atoms with Gasteiger partial charge in [-0.05, 0) is 47.8 Å². The maximum absolute atomic E-state index is 11.7. The molecule has 1 aromatic carbocycles. The third kappa shape index (κ3) is 4.36. The highest BCUT2D eigenvalue weighted by Gasteiger charge is 2.30. The predicted molar refractivity (Wildman–Crippen MR) is 101 cm³/mol. The lowest BCUT2D eigenvalue weighted by Gasteiger charge is -2.32. The summed E-state index contributed by atoms with van der Waals surface area (Å²) in [6, 6.07) is 9.76. The molecule has 25 heavy (non-hydrogen) atoms. The number of rotatable bonds is 6. The fourth-order valence-electron chi connectivity index (χ4n) is 2.77. The van der Waals surface area contributed by atoms with E-state index in [2.05, 4.69) is 15.7 Å². The van der Waals surface area contributed by atoms with E-state index in [0.717, 1.165) is 40.7 Å². The highest BCUT2D eigenvalue weighted by molar-refractivity contribution is 7.99. The first-order valence-electron chi connectivity index (χ1n) is 7.86. The number of benzene rings is 1. The second-order valence-electron chi connectivity index (χ2n) is 5.73. The fraction of sp³-hybridized carbons (Fsp3) is 0.375. The molecule has 0 saturated heterocycles. The molecule has 0 fully saturated rings. The zero-order valence-corrected chi connectivity index (χ0v) is 16.5. The third-order valence-corrected chi connectivity index (χ3v) is 7.68. The Hall–Kier alpha value is -1.10. The lowest BCUT2D eigenvalue weighted by Crippen LogP contribution is -2.34. The van der Waals surface area contributed by atoms with Crippen LogP contribution in [0.3, 0.4) is 0 Å². The van der Waals surface area contributed by atoms with Crippen LogP contribution in [-0.2, 0) is 16.6 Å². The van der Waals surface area contributed by atoms with Crippen molar-refractivity contribution in [2.45, 2.75) is 27.9 Å². The lowest BCUT2D eigenvalue weighted by atomic mass is 10.1. The second-order valence-corrected chi connectivity index (χ2v) is 9.93. The van der Waals surface area contributed by atoms with Gasteiger partial charge in [-0.15, -0.1) is 11.3 Å². The summed E-state index contributed by atoms with van der Waals surface area (Å²) in [5, 5.41) is 8.74. The lowest BCUT2D eigenvalue weighted by molar-refractivity contribution is 0.374. The number of hydrogen-bond donors (Lipinski definition) is 2. The average Bonchev–Trinajstić information content (AvgIpc) is 3.00. The summed E-state index contributed by atoms with van der Waals surface area (Å²) in [7, 11) is -2.02. The highest BCUT2D eigenvalue weighted by atomic mass is 32.3. The van der Waals surface area contributed by atoms with Crippen molar-refractivity contribution in [1.29, 1.82) is 0 Å². The van der Waals surface area contributed by atoms with Crippen LogP contribution in [0.15, 0.2) is 38.8 Å². The van der Waals surface area contributed by atoms with Crippen LogP contribution in [0.25, 0.3) is 0 Å². The smallest absolute Gasteiger partial charge is 0.247 e.